The Kier molecular flexibility index (Phi) is 4.06. The van der Waals surface area contributed by atoms with Crippen molar-refractivity contribution in [1.29, 1.82) is 0 Å². The van der Waals surface area contributed by atoms with Gasteiger partial charge in [0.25, 0.3) is 5.91 Å². The molecule has 0 aliphatic rings. The minimum atomic E-state index is -1.71. The van der Waals surface area contributed by atoms with E-state index >= 15 is 0 Å². The summed E-state index contributed by atoms with van der Waals surface area (Å²) in [4.78, 5) is 15.6. The molecule has 2 N–H and O–H groups in total. The zero-order valence-electron chi connectivity index (χ0n) is 10.7. The maximum Gasteiger partial charge on any atom is 0.259 e. The number of anilines is 2. The standard InChI is InChI=1S/C13H9F4N3O/c1-18-12-7(4-6(14)5-19-12)13(21)20-9-3-2-8(15)10(16)11(9)17/h2-5H,1H3,(H,18,19)(H,20,21). The summed E-state index contributed by atoms with van der Waals surface area (Å²) in [6, 6.07) is 2.40. The molecule has 110 valence electrons. The molecule has 2 rings (SSSR count). The molecule has 8 heteroatoms. The van der Waals surface area contributed by atoms with Crippen LogP contribution in [0.1, 0.15) is 10.4 Å². The normalized spacial score (nSPS) is 10.3. The van der Waals surface area contributed by atoms with Gasteiger partial charge in [-0.2, -0.15) is 0 Å². The Labute approximate surface area is 116 Å². The van der Waals surface area contributed by atoms with Crippen molar-refractivity contribution >= 4 is 17.4 Å². The summed E-state index contributed by atoms with van der Waals surface area (Å²) < 4.78 is 52.5. The first-order valence-corrected chi connectivity index (χ1v) is 5.72. The molecule has 1 amide bonds. The van der Waals surface area contributed by atoms with Crippen LogP contribution in [0.25, 0.3) is 0 Å². The molecule has 4 nitrogen and oxygen atoms in total. The first-order valence-electron chi connectivity index (χ1n) is 5.72. The second-order valence-electron chi connectivity index (χ2n) is 3.98. The summed E-state index contributed by atoms with van der Waals surface area (Å²) in [5, 5.41) is 4.59. The molecule has 0 atom stereocenters. The van der Waals surface area contributed by atoms with Gasteiger partial charge in [-0.05, 0) is 18.2 Å². The quantitative estimate of drug-likeness (QED) is 0.677. The maximum atomic E-state index is 13.5. The van der Waals surface area contributed by atoms with Crippen LogP contribution in [-0.4, -0.2) is 17.9 Å². The van der Waals surface area contributed by atoms with Gasteiger partial charge < -0.3 is 10.6 Å². The minimum Gasteiger partial charge on any atom is -0.372 e. The van der Waals surface area contributed by atoms with E-state index in [0.29, 0.717) is 6.07 Å². The Morgan fingerprint density at radius 2 is 1.86 bits per heavy atom. The van der Waals surface area contributed by atoms with Crippen LogP contribution in [0, 0.1) is 23.3 Å². The van der Waals surface area contributed by atoms with Gasteiger partial charge in [-0.25, -0.2) is 22.5 Å². The van der Waals surface area contributed by atoms with Gasteiger partial charge in [0.1, 0.15) is 11.6 Å². The zero-order chi connectivity index (χ0) is 15.6. The second-order valence-corrected chi connectivity index (χ2v) is 3.98. The molecule has 1 aromatic heterocycles. The van der Waals surface area contributed by atoms with Crippen molar-refractivity contribution in [3.05, 3.63) is 53.2 Å². The summed E-state index contributed by atoms with van der Waals surface area (Å²) >= 11 is 0. The highest BCUT2D eigenvalue weighted by Gasteiger charge is 2.18. The monoisotopic (exact) mass is 299 g/mol. The molecule has 0 aliphatic heterocycles. The van der Waals surface area contributed by atoms with E-state index in [1.807, 2.05) is 5.32 Å². The number of nitrogens with one attached hydrogen (secondary N) is 2. The Hall–Kier alpha value is -2.64. The van der Waals surface area contributed by atoms with Gasteiger partial charge in [-0.15, -0.1) is 0 Å². The van der Waals surface area contributed by atoms with Crippen LogP contribution in [0.3, 0.4) is 0 Å². The summed E-state index contributed by atoms with van der Waals surface area (Å²) in [5.74, 6) is -6.27. The lowest BCUT2D eigenvalue weighted by molar-refractivity contribution is 0.102. The summed E-state index contributed by atoms with van der Waals surface area (Å²) in [6.07, 6.45) is 0.890. The number of hydrogen-bond donors (Lipinski definition) is 2. The SMILES string of the molecule is CNc1ncc(F)cc1C(=O)Nc1ccc(F)c(F)c1F. The fourth-order valence-corrected chi connectivity index (χ4v) is 1.62. The predicted octanol–water partition coefficient (Wildman–Crippen LogP) is 2.93. The molecule has 21 heavy (non-hydrogen) atoms. The summed E-state index contributed by atoms with van der Waals surface area (Å²) in [5.41, 5.74) is -0.771. The van der Waals surface area contributed by atoms with Crippen molar-refractivity contribution in [3.8, 4) is 0 Å². The van der Waals surface area contributed by atoms with Crippen molar-refractivity contribution in [2.45, 2.75) is 0 Å². The van der Waals surface area contributed by atoms with Crippen molar-refractivity contribution in [2.75, 3.05) is 17.7 Å². The molecule has 0 aliphatic carbocycles. The number of carbonyl (C=O) groups is 1. The van der Waals surface area contributed by atoms with Gasteiger partial charge in [-0.1, -0.05) is 0 Å². The van der Waals surface area contributed by atoms with E-state index in [-0.39, 0.29) is 11.4 Å². The predicted molar refractivity (Wildman–Crippen MR) is 68.0 cm³/mol. The van der Waals surface area contributed by atoms with Crippen LogP contribution in [0.4, 0.5) is 29.1 Å². The third-order valence-electron chi connectivity index (χ3n) is 2.62. The highest BCUT2D eigenvalue weighted by molar-refractivity contribution is 6.07. The van der Waals surface area contributed by atoms with Crippen LogP contribution < -0.4 is 10.6 Å². The zero-order valence-corrected chi connectivity index (χ0v) is 10.7. The van der Waals surface area contributed by atoms with Crippen LogP contribution in [0.5, 0.6) is 0 Å². The fourth-order valence-electron chi connectivity index (χ4n) is 1.62. The Balaban J connectivity index is 2.35. The molecular formula is C13H9F4N3O. The Morgan fingerprint density at radius 3 is 2.52 bits per heavy atom. The van der Waals surface area contributed by atoms with Crippen molar-refractivity contribution in [2.24, 2.45) is 0 Å². The minimum absolute atomic E-state index is 0.0527. The smallest absolute Gasteiger partial charge is 0.259 e. The average Bonchev–Trinajstić information content (AvgIpc) is 2.47. The third kappa shape index (κ3) is 2.93. The van der Waals surface area contributed by atoms with Crippen LogP contribution in [0.2, 0.25) is 0 Å². The Morgan fingerprint density at radius 1 is 1.14 bits per heavy atom. The number of rotatable bonds is 3. The van der Waals surface area contributed by atoms with Gasteiger partial charge in [0, 0.05) is 7.05 Å². The first-order chi connectivity index (χ1) is 9.93. The molecule has 0 saturated heterocycles. The van der Waals surface area contributed by atoms with E-state index in [1.165, 1.54) is 7.05 Å². The first kappa shape index (κ1) is 14.8. The number of benzene rings is 1. The lowest BCUT2D eigenvalue weighted by Gasteiger charge is -2.10. The van der Waals surface area contributed by atoms with Gasteiger partial charge in [-0.3, -0.25) is 4.79 Å². The summed E-state index contributed by atoms with van der Waals surface area (Å²) in [7, 11) is 1.45. The molecule has 0 fully saturated rings. The lowest BCUT2D eigenvalue weighted by atomic mass is 10.2. The largest absolute Gasteiger partial charge is 0.372 e. The number of nitrogens with zero attached hydrogens (tertiary/aromatic N) is 1. The molecule has 1 aromatic carbocycles. The van der Waals surface area contributed by atoms with E-state index in [0.717, 1.165) is 18.3 Å². The molecule has 0 saturated carbocycles. The molecule has 0 radical (unpaired) electrons. The number of carbonyl (C=O) groups excluding carboxylic acids is 1. The van der Waals surface area contributed by atoms with Crippen molar-refractivity contribution < 1.29 is 22.4 Å². The molecule has 0 spiro atoms. The topological polar surface area (TPSA) is 54.0 Å². The average molecular weight is 299 g/mol. The molecule has 0 bridgehead atoms. The number of pyridine rings is 1. The highest BCUT2D eigenvalue weighted by Crippen LogP contribution is 2.21. The molecule has 2 aromatic rings. The van der Waals surface area contributed by atoms with Crippen LogP contribution in [0.15, 0.2) is 24.4 Å². The summed E-state index contributed by atoms with van der Waals surface area (Å²) in [6.45, 7) is 0. The van der Waals surface area contributed by atoms with Gasteiger partial charge in [0.15, 0.2) is 17.5 Å². The van der Waals surface area contributed by atoms with E-state index in [9.17, 15) is 22.4 Å². The van der Waals surface area contributed by atoms with Crippen molar-refractivity contribution in [1.82, 2.24) is 4.98 Å². The number of hydrogen-bond acceptors (Lipinski definition) is 3. The molecule has 0 unspecified atom stereocenters. The number of amides is 1. The number of aromatic nitrogens is 1. The van der Waals surface area contributed by atoms with E-state index in [1.54, 1.807) is 0 Å². The maximum absolute atomic E-state index is 13.5. The number of halogens is 4. The van der Waals surface area contributed by atoms with E-state index in [2.05, 4.69) is 10.3 Å². The van der Waals surface area contributed by atoms with Crippen LogP contribution in [-0.2, 0) is 0 Å². The molecular weight excluding hydrogens is 290 g/mol. The second kappa shape index (κ2) is 5.78. The van der Waals surface area contributed by atoms with Gasteiger partial charge >= 0.3 is 0 Å². The van der Waals surface area contributed by atoms with Gasteiger partial charge in [0.2, 0.25) is 0 Å². The molecule has 1 heterocycles. The van der Waals surface area contributed by atoms with E-state index in [4.69, 9.17) is 0 Å². The van der Waals surface area contributed by atoms with E-state index < -0.39 is 34.9 Å². The van der Waals surface area contributed by atoms with Crippen molar-refractivity contribution in [3.63, 3.8) is 0 Å². The third-order valence-corrected chi connectivity index (χ3v) is 2.62. The van der Waals surface area contributed by atoms with Gasteiger partial charge in [0.05, 0.1) is 17.4 Å². The highest BCUT2D eigenvalue weighted by atomic mass is 19.2. The fraction of sp³-hybridized carbons (Fsp3) is 0.0769. The Bertz CT molecular complexity index is 706. The lowest BCUT2D eigenvalue weighted by Crippen LogP contribution is -2.16. The van der Waals surface area contributed by atoms with Crippen LogP contribution >= 0.6 is 0 Å².